The number of nitrogens with zero attached hydrogens (tertiary/aromatic N) is 3. The molecule has 4 rings (SSSR count). The van der Waals surface area contributed by atoms with E-state index in [0.717, 1.165) is 29.9 Å². The summed E-state index contributed by atoms with van der Waals surface area (Å²) in [6, 6.07) is 18.5. The van der Waals surface area contributed by atoms with Crippen molar-refractivity contribution in [2.45, 2.75) is 39.3 Å². The SMILES string of the molecule is CCc1c(C(=O)NCc2ccc(CN3CCCC3)cc2)cnn1-c1ccccc1. The quantitative estimate of drug-likeness (QED) is 0.666. The molecule has 1 aliphatic heterocycles. The van der Waals surface area contributed by atoms with E-state index in [1.807, 2.05) is 41.9 Å². The predicted octanol–water partition coefficient (Wildman–Crippen LogP) is 3.96. The second-order valence-corrected chi connectivity index (χ2v) is 7.59. The lowest BCUT2D eigenvalue weighted by Gasteiger charge is -2.14. The minimum Gasteiger partial charge on any atom is -0.348 e. The van der Waals surface area contributed by atoms with Gasteiger partial charge in [-0.25, -0.2) is 4.68 Å². The lowest BCUT2D eigenvalue weighted by Crippen LogP contribution is -2.24. The van der Waals surface area contributed by atoms with Gasteiger partial charge in [-0.1, -0.05) is 49.4 Å². The van der Waals surface area contributed by atoms with Gasteiger partial charge in [-0.05, 0) is 55.6 Å². The molecule has 2 aromatic carbocycles. The molecular formula is C24H28N4O. The van der Waals surface area contributed by atoms with Gasteiger partial charge in [-0.3, -0.25) is 9.69 Å². The van der Waals surface area contributed by atoms with Crippen molar-refractivity contribution >= 4 is 5.91 Å². The molecule has 2 heterocycles. The zero-order valence-corrected chi connectivity index (χ0v) is 17.0. The van der Waals surface area contributed by atoms with E-state index in [9.17, 15) is 4.79 Å². The second-order valence-electron chi connectivity index (χ2n) is 7.59. The van der Waals surface area contributed by atoms with E-state index in [1.54, 1.807) is 6.20 Å². The average Bonchev–Trinajstić information content (AvgIpc) is 3.43. The normalized spacial score (nSPS) is 14.2. The number of rotatable bonds is 7. The van der Waals surface area contributed by atoms with Gasteiger partial charge in [0.05, 0.1) is 23.1 Å². The number of para-hydroxylation sites is 1. The van der Waals surface area contributed by atoms with Crippen molar-refractivity contribution in [2.75, 3.05) is 13.1 Å². The number of hydrogen-bond donors (Lipinski definition) is 1. The Hall–Kier alpha value is -2.92. The summed E-state index contributed by atoms with van der Waals surface area (Å²) in [5.41, 5.74) is 4.98. The van der Waals surface area contributed by atoms with Crippen LogP contribution in [0.15, 0.2) is 60.8 Å². The average molecular weight is 389 g/mol. The summed E-state index contributed by atoms with van der Waals surface area (Å²) in [6.45, 7) is 5.99. The summed E-state index contributed by atoms with van der Waals surface area (Å²) in [7, 11) is 0. The predicted molar refractivity (Wildman–Crippen MR) is 115 cm³/mol. The Kier molecular flexibility index (Phi) is 6.06. The molecule has 0 saturated carbocycles. The van der Waals surface area contributed by atoms with Crippen LogP contribution in [0.4, 0.5) is 0 Å². The van der Waals surface area contributed by atoms with Crippen molar-refractivity contribution < 1.29 is 4.79 Å². The van der Waals surface area contributed by atoms with Crippen LogP contribution in [-0.2, 0) is 19.5 Å². The number of aromatic nitrogens is 2. The van der Waals surface area contributed by atoms with E-state index in [1.165, 1.54) is 31.5 Å². The van der Waals surface area contributed by atoms with E-state index < -0.39 is 0 Å². The lowest BCUT2D eigenvalue weighted by atomic mass is 10.1. The second kappa shape index (κ2) is 9.05. The van der Waals surface area contributed by atoms with Gasteiger partial charge in [-0.15, -0.1) is 0 Å². The molecule has 0 radical (unpaired) electrons. The fourth-order valence-electron chi connectivity index (χ4n) is 3.93. The highest BCUT2D eigenvalue weighted by Gasteiger charge is 2.17. The number of nitrogens with one attached hydrogen (secondary N) is 1. The Balaban J connectivity index is 1.39. The summed E-state index contributed by atoms with van der Waals surface area (Å²) in [6.07, 6.45) is 5.03. The Morgan fingerprint density at radius 1 is 1.00 bits per heavy atom. The first-order valence-electron chi connectivity index (χ1n) is 10.5. The van der Waals surface area contributed by atoms with Crippen molar-refractivity contribution in [3.63, 3.8) is 0 Å². The van der Waals surface area contributed by atoms with E-state index >= 15 is 0 Å². The van der Waals surface area contributed by atoms with Gasteiger partial charge in [0.2, 0.25) is 0 Å². The van der Waals surface area contributed by atoms with E-state index in [0.29, 0.717) is 12.1 Å². The standard InChI is InChI=1S/C24H28N4O/c1-2-23-22(17-26-28(23)21-8-4-3-5-9-21)24(29)25-16-19-10-12-20(13-11-19)18-27-14-6-7-15-27/h3-5,8-13,17H,2,6-7,14-16,18H2,1H3,(H,25,29). The molecule has 0 aliphatic carbocycles. The molecule has 0 atom stereocenters. The smallest absolute Gasteiger partial charge is 0.255 e. The van der Waals surface area contributed by atoms with Crippen LogP contribution >= 0.6 is 0 Å². The van der Waals surface area contributed by atoms with Crippen molar-refractivity contribution in [3.8, 4) is 5.69 Å². The summed E-state index contributed by atoms with van der Waals surface area (Å²) in [5.74, 6) is -0.0785. The summed E-state index contributed by atoms with van der Waals surface area (Å²) in [4.78, 5) is 15.3. The summed E-state index contributed by atoms with van der Waals surface area (Å²) >= 11 is 0. The van der Waals surface area contributed by atoms with Crippen molar-refractivity contribution in [2.24, 2.45) is 0 Å². The molecule has 5 nitrogen and oxygen atoms in total. The van der Waals surface area contributed by atoms with Gasteiger partial charge in [-0.2, -0.15) is 5.10 Å². The van der Waals surface area contributed by atoms with Gasteiger partial charge >= 0.3 is 0 Å². The highest BCUT2D eigenvalue weighted by molar-refractivity contribution is 5.95. The minimum atomic E-state index is -0.0785. The third kappa shape index (κ3) is 4.57. The van der Waals surface area contributed by atoms with Gasteiger partial charge in [0.1, 0.15) is 0 Å². The number of hydrogen-bond acceptors (Lipinski definition) is 3. The maximum atomic E-state index is 12.8. The van der Waals surface area contributed by atoms with Crippen LogP contribution in [0.5, 0.6) is 0 Å². The Morgan fingerprint density at radius 3 is 2.38 bits per heavy atom. The van der Waals surface area contributed by atoms with Crippen LogP contribution in [-0.4, -0.2) is 33.7 Å². The zero-order valence-electron chi connectivity index (χ0n) is 17.0. The molecule has 150 valence electrons. The van der Waals surface area contributed by atoms with Crippen LogP contribution in [0.2, 0.25) is 0 Å². The highest BCUT2D eigenvalue weighted by Crippen LogP contribution is 2.16. The first-order valence-corrected chi connectivity index (χ1v) is 10.5. The van der Waals surface area contributed by atoms with Crippen molar-refractivity contribution in [3.05, 3.63) is 83.2 Å². The van der Waals surface area contributed by atoms with Gasteiger partial charge in [0.25, 0.3) is 5.91 Å². The molecule has 0 spiro atoms. The maximum absolute atomic E-state index is 12.8. The fourth-order valence-corrected chi connectivity index (χ4v) is 3.93. The van der Waals surface area contributed by atoms with Crippen LogP contribution in [0.3, 0.4) is 0 Å². The molecule has 1 saturated heterocycles. The number of carbonyl (C=O) groups excluding carboxylic acids is 1. The number of carbonyl (C=O) groups is 1. The first kappa shape index (κ1) is 19.4. The Morgan fingerprint density at radius 2 is 1.69 bits per heavy atom. The third-order valence-corrected chi connectivity index (χ3v) is 5.53. The largest absolute Gasteiger partial charge is 0.348 e. The molecule has 0 bridgehead atoms. The first-order chi connectivity index (χ1) is 14.2. The molecule has 0 unspecified atom stereocenters. The number of benzene rings is 2. The molecule has 1 N–H and O–H groups in total. The van der Waals surface area contributed by atoms with E-state index in [-0.39, 0.29) is 5.91 Å². The minimum absolute atomic E-state index is 0.0785. The molecule has 1 aromatic heterocycles. The van der Waals surface area contributed by atoms with Gasteiger partial charge in [0, 0.05) is 13.1 Å². The highest BCUT2D eigenvalue weighted by atomic mass is 16.1. The fraction of sp³-hybridized carbons (Fsp3) is 0.333. The molecule has 1 fully saturated rings. The molecular weight excluding hydrogens is 360 g/mol. The zero-order chi connectivity index (χ0) is 20.1. The molecule has 5 heteroatoms. The van der Waals surface area contributed by atoms with Gasteiger partial charge in [0.15, 0.2) is 0 Å². The van der Waals surface area contributed by atoms with Crippen molar-refractivity contribution in [1.29, 1.82) is 0 Å². The van der Waals surface area contributed by atoms with Crippen LogP contribution in [0.1, 0.15) is 46.9 Å². The Labute approximate surface area is 172 Å². The number of likely N-dealkylation sites (tertiary alicyclic amines) is 1. The lowest BCUT2D eigenvalue weighted by molar-refractivity contribution is 0.0950. The van der Waals surface area contributed by atoms with Crippen LogP contribution in [0.25, 0.3) is 5.69 Å². The number of amides is 1. The van der Waals surface area contributed by atoms with E-state index in [2.05, 4.69) is 39.6 Å². The van der Waals surface area contributed by atoms with Crippen LogP contribution in [0, 0.1) is 0 Å². The van der Waals surface area contributed by atoms with Crippen molar-refractivity contribution in [1.82, 2.24) is 20.0 Å². The Bertz CT molecular complexity index is 941. The molecule has 3 aromatic rings. The topological polar surface area (TPSA) is 50.2 Å². The monoisotopic (exact) mass is 388 g/mol. The van der Waals surface area contributed by atoms with Crippen LogP contribution < -0.4 is 5.32 Å². The summed E-state index contributed by atoms with van der Waals surface area (Å²) in [5, 5.41) is 7.49. The summed E-state index contributed by atoms with van der Waals surface area (Å²) < 4.78 is 1.85. The van der Waals surface area contributed by atoms with E-state index in [4.69, 9.17) is 0 Å². The molecule has 1 amide bonds. The third-order valence-electron chi connectivity index (χ3n) is 5.53. The molecule has 29 heavy (non-hydrogen) atoms. The molecule has 1 aliphatic rings. The van der Waals surface area contributed by atoms with Gasteiger partial charge < -0.3 is 5.32 Å². The maximum Gasteiger partial charge on any atom is 0.255 e.